The number of rotatable bonds is 6. The summed E-state index contributed by atoms with van der Waals surface area (Å²) in [6.45, 7) is 1.05. The monoisotopic (exact) mass is 323 g/mol. The number of nitrogens with zero attached hydrogens (tertiary/aromatic N) is 4. The van der Waals surface area contributed by atoms with Gasteiger partial charge >= 0.3 is 0 Å². The molecule has 0 spiro atoms. The standard InChI is InChI=1S/C17H17N5O2/c1-24-14-5-3-13(4-6-14)17(23)21-10-12-22-11-9-20-16(22)15-18-7-2-8-19-15/h2-9,11H,10,12H2,1H3,(H,21,23). The summed E-state index contributed by atoms with van der Waals surface area (Å²) in [6, 6.07) is 8.74. The zero-order chi connectivity index (χ0) is 16.8. The fourth-order valence-electron chi connectivity index (χ4n) is 2.24. The molecular weight excluding hydrogens is 306 g/mol. The largest absolute Gasteiger partial charge is 0.497 e. The van der Waals surface area contributed by atoms with E-state index in [0.29, 0.717) is 30.3 Å². The Kier molecular flexibility index (Phi) is 4.81. The number of methoxy groups -OCH3 is 1. The number of carbonyl (C=O) groups is 1. The zero-order valence-electron chi connectivity index (χ0n) is 13.2. The van der Waals surface area contributed by atoms with Gasteiger partial charge < -0.3 is 14.6 Å². The molecule has 1 N–H and O–H groups in total. The second-order valence-electron chi connectivity index (χ2n) is 5.00. The highest BCUT2D eigenvalue weighted by Gasteiger charge is 2.09. The third kappa shape index (κ3) is 3.57. The SMILES string of the molecule is COc1ccc(C(=O)NCCn2ccnc2-c2ncccn2)cc1. The van der Waals surface area contributed by atoms with Gasteiger partial charge in [-0.2, -0.15) is 0 Å². The van der Waals surface area contributed by atoms with Crippen LogP contribution in [0.3, 0.4) is 0 Å². The van der Waals surface area contributed by atoms with Crippen LogP contribution < -0.4 is 10.1 Å². The number of aromatic nitrogens is 4. The van der Waals surface area contributed by atoms with Crippen molar-refractivity contribution in [1.82, 2.24) is 24.8 Å². The molecule has 0 atom stereocenters. The summed E-state index contributed by atoms with van der Waals surface area (Å²) in [5.41, 5.74) is 0.591. The summed E-state index contributed by atoms with van der Waals surface area (Å²) in [5.74, 6) is 1.83. The molecule has 122 valence electrons. The smallest absolute Gasteiger partial charge is 0.251 e. The Bertz CT molecular complexity index is 799. The number of ether oxygens (including phenoxy) is 1. The van der Waals surface area contributed by atoms with E-state index < -0.39 is 0 Å². The fraction of sp³-hybridized carbons (Fsp3) is 0.176. The van der Waals surface area contributed by atoms with Gasteiger partial charge in [0.05, 0.1) is 7.11 Å². The van der Waals surface area contributed by atoms with E-state index in [1.54, 1.807) is 56.0 Å². The molecule has 0 saturated heterocycles. The summed E-state index contributed by atoms with van der Waals surface area (Å²) >= 11 is 0. The van der Waals surface area contributed by atoms with Crippen molar-refractivity contribution in [2.75, 3.05) is 13.7 Å². The Morgan fingerprint density at radius 1 is 1.12 bits per heavy atom. The molecule has 0 aliphatic carbocycles. The van der Waals surface area contributed by atoms with Crippen LogP contribution in [0.25, 0.3) is 11.6 Å². The van der Waals surface area contributed by atoms with Crippen molar-refractivity contribution in [3.05, 3.63) is 60.7 Å². The highest BCUT2D eigenvalue weighted by molar-refractivity contribution is 5.94. The van der Waals surface area contributed by atoms with E-state index in [1.165, 1.54) is 0 Å². The Labute approximate surface area is 139 Å². The first-order chi connectivity index (χ1) is 11.8. The normalized spacial score (nSPS) is 10.4. The van der Waals surface area contributed by atoms with Crippen molar-refractivity contribution >= 4 is 5.91 Å². The number of imidazole rings is 1. The van der Waals surface area contributed by atoms with E-state index in [2.05, 4.69) is 20.3 Å². The number of nitrogens with one attached hydrogen (secondary N) is 1. The molecule has 0 unspecified atom stereocenters. The average Bonchev–Trinajstić information content (AvgIpc) is 3.11. The molecule has 1 amide bonds. The van der Waals surface area contributed by atoms with Crippen molar-refractivity contribution < 1.29 is 9.53 Å². The third-order valence-corrected chi connectivity index (χ3v) is 3.47. The maximum Gasteiger partial charge on any atom is 0.251 e. The lowest BCUT2D eigenvalue weighted by Crippen LogP contribution is -2.27. The molecule has 0 saturated carbocycles. The van der Waals surface area contributed by atoms with E-state index in [0.717, 1.165) is 5.75 Å². The molecule has 0 fully saturated rings. The fourth-order valence-corrected chi connectivity index (χ4v) is 2.24. The second kappa shape index (κ2) is 7.36. The highest BCUT2D eigenvalue weighted by atomic mass is 16.5. The van der Waals surface area contributed by atoms with Crippen molar-refractivity contribution in [1.29, 1.82) is 0 Å². The first kappa shape index (κ1) is 15.7. The minimum atomic E-state index is -0.129. The van der Waals surface area contributed by atoms with Crippen LogP contribution >= 0.6 is 0 Å². The molecule has 2 heterocycles. The minimum Gasteiger partial charge on any atom is -0.497 e. The van der Waals surface area contributed by atoms with Crippen molar-refractivity contribution in [3.8, 4) is 17.4 Å². The van der Waals surface area contributed by atoms with Crippen LogP contribution in [-0.2, 0) is 6.54 Å². The van der Waals surface area contributed by atoms with Gasteiger partial charge in [-0.05, 0) is 30.3 Å². The van der Waals surface area contributed by atoms with Crippen LogP contribution in [0.15, 0.2) is 55.1 Å². The number of amides is 1. The van der Waals surface area contributed by atoms with E-state index in [9.17, 15) is 4.79 Å². The predicted molar refractivity (Wildman–Crippen MR) is 88.6 cm³/mol. The van der Waals surface area contributed by atoms with E-state index in [4.69, 9.17) is 4.74 Å². The molecule has 24 heavy (non-hydrogen) atoms. The lowest BCUT2D eigenvalue weighted by Gasteiger charge is -2.09. The van der Waals surface area contributed by atoms with Gasteiger partial charge in [0.15, 0.2) is 11.6 Å². The number of carbonyl (C=O) groups excluding carboxylic acids is 1. The quantitative estimate of drug-likeness (QED) is 0.748. The zero-order valence-corrected chi connectivity index (χ0v) is 13.2. The van der Waals surface area contributed by atoms with Gasteiger partial charge in [-0.3, -0.25) is 4.79 Å². The maximum absolute atomic E-state index is 12.1. The second-order valence-corrected chi connectivity index (χ2v) is 5.00. The van der Waals surface area contributed by atoms with Crippen LogP contribution in [0.2, 0.25) is 0 Å². The first-order valence-electron chi connectivity index (χ1n) is 7.48. The molecule has 0 bridgehead atoms. The summed E-state index contributed by atoms with van der Waals surface area (Å²) in [5, 5.41) is 2.88. The van der Waals surface area contributed by atoms with Gasteiger partial charge in [0.25, 0.3) is 5.91 Å². The molecule has 1 aromatic carbocycles. The summed E-state index contributed by atoms with van der Waals surface area (Å²) < 4.78 is 6.99. The molecule has 7 heteroatoms. The molecule has 0 aliphatic rings. The van der Waals surface area contributed by atoms with Crippen LogP contribution in [0.5, 0.6) is 5.75 Å². The van der Waals surface area contributed by atoms with E-state index in [-0.39, 0.29) is 5.91 Å². The number of hydrogen-bond acceptors (Lipinski definition) is 5. The maximum atomic E-state index is 12.1. The van der Waals surface area contributed by atoms with Gasteiger partial charge in [0, 0.05) is 43.4 Å². The predicted octanol–water partition coefficient (Wildman–Crippen LogP) is 1.78. The lowest BCUT2D eigenvalue weighted by molar-refractivity contribution is 0.0952. The van der Waals surface area contributed by atoms with Crippen LogP contribution in [0.1, 0.15) is 10.4 Å². The summed E-state index contributed by atoms with van der Waals surface area (Å²) in [4.78, 5) is 24.8. The molecule has 2 aromatic heterocycles. The minimum absolute atomic E-state index is 0.129. The summed E-state index contributed by atoms with van der Waals surface area (Å²) in [6.07, 6.45) is 6.88. The molecular formula is C17H17N5O2. The Morgan fingerprint density at radius 2 is 1.88 bits per heavy atom. The number of hydrogen-bond donors (Lipinski definition) is 1. The molecule has 3 rings (SSSR count). The van der Waals surface area contributed by atoms with Gasteiger partial charge in [0.1, 0.15) is 5.75 Å². The van der Waals surface area contributed by atoms with Crippen molar-refractivity contribution in [2.45, 2.75) is 6.54 Å². The highest BCUT2D eigenvalue weighted by Crippen LogP contribution is 2.12. The molecule has 3 aromatic rings. The topological polar surface area (TPSA) is 81.9 Å². The van der Waals surface area contributed by atoms with Gasteiger partial charge in [-0.25, -0.2) is 15.0 Å². The Morgan fingerprint density at radius 3 is 2.58 bits per heavy atom. The summed E-state index contributed by atoms with van der Waals surface area (Å²) in [7, 11) is 1.59. The molecule has 7 nitrogen and oxygen atoms in total. The third-order valence-electron chi connectivity index (χ3n) is 3.47. The number of benzene rings is 1. The lowest BCUT2D eigenvalue weighted by atomic mass is 10.2. The van der Waals surface area contributed by atoms with Gasteiger partial charge in [0.2, 0.25) is 0 Å². The van der Waals surface area contributed by atoms with Crippen LogP contribution in [-0.4, -0.2) is 39.1 Å². The first-order valence-corrected chi connectivity index (χ1v) is 7.48. The van der Waals surface area contributed by atoms with E-state index >= 15 is 0 Å². The van der Waals surface area contributed by atoms with E-state index in [1.807, 2.05) is 10.8 Å². The van der Waals surface area contributed by atoms with Gasteiger partial charge in [-0.15, -0.1) is 0 Å². The van der Waals surface area contributed by atoms with Crippen molar-refractivity contribution in [2.24, 2.45) is 0 Å². The van der Waals surface area contributed by atoms with Crippen LogP contribution in [0, 0.1) is 0 Å². The molecule has 0 aliphatic heterocycles. The Hall–Kier alpha value is -3.22. The van der Waals surface area contributed by atoms with Crippen LogP contribution in [0.4, 0.5) is 0 Å². The molecule has 0 radical (unpaired) electrons. The van der Waals surface area contributed by atoms with Gasteiger partial charge in [-0.1, -0.05) is 0 Å². The van der Waals surface area contributed by atoms with Crippen molar-refractivity contribution in [3.63, 3.8) is 0 Å². The average molecular weight is 323 g/mol. The Balaban J connectivity index is 1.59.